The van der Waals surface area contributed by atoms with Gasteiger partial charge < -0.3 is 22.6 Å². The van der Waals surface area contributed by atoms with Crippen LogP contribution in [0.2, 0.25) is 0 Å². The Kier molecular flexibility index (Phi) is 4.71. The number of hydrogen-bond donors (Lipinski definition) is 1. The number of nitrogens with zero attached hydrogens (tertiary/aromatic N) is 1. The number of halogens is 1. The van der Waals surface area contributed by atoms with Gasteiger partial charge in [-0.1, -0.05) is 36.4 Å². The fourth-order valence-corrected chi connectivity index (χ4v) is 3.11. The summed E-state index contributed by atoms with van der Waals surface area (Å²) in [6.45, 7) is 2.19. The van der Waals surface area contributed by atoms with Gasteiger partial charge in [0.15, 0.2) is 5.78 Å². The molecule has 0 aromatic heterocycles. The second-order valence-electron chi connectivity index (χ2n) is 6.36. The van der Waals surface area contributed by atoms with Crippen LogP contribution in [0.25, 0.3) is 16.8 Å². The van der Waals surface area contributed by atoms with E-state index in [-0.39, 0.29) is 18.2 Å². The Morgan fingerprint density at radius 1 is 1.09 bits per heavy atom. The molecule has 0 amide bonds. The van der Waals surface area contributed by atoms with E-state index in [0.29, 0.717) is 13.1 Å². The quantitative estimate of drug-likeness (QED) is 0.770. The van der Waals surface area contributed by atoms with Crippen molar-refractivity contribution < 1.29 is 21.7 Å². The molecule has 2 aromatic carbocycles. The molecular formula is C18H21ClN2O. The first-order chi connectivity index (χ1) is 10.0. The molecule has 1 aliphatic carbocycles. The predicted octanol–water partition coefficient (Wildman–Crippen LogP) is -0.541. The van der Waals surface area contributed by atoms with Gasteiger partial charge in [-0.2, -0.15) is 0 Å². The van der Waals surface area contributed by atoms with Crippen molar-refractivity contribution in [3.63, 3.8) is 0 Å². The van der Waals surface area contributed by atoms with E-state index in [9.17, 15) is 4.79 Å². The molecule has 116 valence electrons. The molecule has 22 heavy (non-hydrogen) atoms. The van der Waals surface area contributed by atoms with Crippen LogP contribution in [-0.2, 0) is 0 Å². The Bertz CT molecular complexity index is 745. The summed E-state index contributed by atoms with van der Waals surface area (Å²) < 4.78 is 0.728. The zero-order valence-corrected chi connectivity index (χ0v) is 13.7. The molecular weight excluding hydrogens is 296 g/mol. The van der Waals surface area contributed by atoms with Crippen molar-refractivity contribution in [2.75, 3.05) is 33.7 Å². The van der Waals surface area contributed by atoms with Crippen LogP contribution in [0.4, 0.5) is 0 Å². The van der Waals surface area contributed by atoms with Crippen LogP contribution < -0.4 is 18.1 Å². The molecule has 0 atom stereocenters. The van der Waals surface area contributed by atoms with Crippen LogP contribution >= 0.6 is 0 Å². The van der Waals surface area contributed by atoms with Crippen molar-refractivity contribution in [3.8, 4) is 0 Å². The standard InChI is InChI=1S/C18H21N2O.ClH/c1-20(2,10-9-19)12-15-11-14-7-3-5-13-6-4-8-16(17(13)14)18(15)21;/h3-8,11H,9-10,12,19H2,1-2H3;1H/q+1;/p-1. The molecule has 2 aromatic rings. The molecule has 4 heteroatoms. The second kappa shape index (κ2) is 6.21. The summed E-state index contributed by atoms with van der Waals surface area (Å²) in [5.74, 6) is 0.155. The first-order valence-electron chi connectivity index (χ1n) is 7.31. The maximum Gasteiger partial charge on any atom is 0.195 e. The summed E-state index contributed by atoms with van der Waals surface area (Å²) in [5.41, 5.74) is 8.52. The van der Waals surface area contributed by atoms with Crippen LogP contribution in [0.5, 0.6) is 0 Å². The monoisotopic (exact) mass is 316 g/mol. The minimum absolute atomic E-state index is 0. The van der Waals surface area contributed by atoms with Gasteiger partial charge in [0.1, 0.15) is 6.54 Å². The van der Waals surface area contributed by atoms with E-state index in [4.69, 9.17) is 5.73 Å². The van der Waals surface area contributed by atoms with Gasteiger partial charge in [0.2, 0.25) is 0 Å². The van der Waals surface area contributed by atoms with E-state index < -0.39 is 0 Å². The topological polar surface area (TPSA) is 43.1 Å². The number of ketones is 1. The second-order valence-corrected chi connectivity index (χ2v) is 6.36. The van der Waals surface area contributed by atoms with Crippen molar-refractivity contribution in [2.45, 2.75) is 0 Å². The van der Waals surface area contributed by atoms with Gasteiger partial charge >= 0.3 is 0 Å². The van der Waals surface area contributed by atoms with E-state index >= 15 is 0 Å². The van der Waals surface area contributed by atoms with E-state index in [1.807, 2.05) is 24.3 Å². The average molecular weight is 317 g/mol. The third-order valence-corrected chi connectivity index (χ3v) is 4.14. The number of rotatable bonds is 4. The SMILES string of the molecule is C[N+](C)(CCN)CC1=Cc2cccc3cccc(c23)C1=O.[Cl-]. The fourth-order valence-electron chi connectivity index (χ4n) is 3.11. The Labute approximate surface area is 137 Å². The molecule has 3 rings (SSSR count). The molecule has 0 aliphatic heterocycles. The lowest BCUT2D eigenvalue weighted by atomic mass is 9.87. The molecule has 0 saturated heterocycles. The van der Waals surface area contributed by atoms with Crippen LogP contribution in [0, 0.1) is 0 Å². The molecule has 0 spiro atoms. The van der Waals surface area contributed by atoms with E-state index in [1.54, 1.807) is 0 Å². The number of likely N-dealkylation sites (N-methyl/N-ethyl adjacent to an activating group) is 1. The van der Waals surface area contributed by atoms with Crippen molar-refractivity contribution >= 4 is 22.6 Å². The molecule has 0 heterocycles. The number of hydrogen-bond acceptors (Lipinski definition) is 2. The van der Waals surface area contributed by atoms with E-state index in [1.165, 1.54) is 0 Å². The summed E-state index contributed by atoms with van der Waals surface area (Å²) in [6.07, 6.45) is 2.05. The first-order valence-corrected chi connectivity index (χ1v) is 7.31. The lowest BCUT2D eigenvalue weighted by Crippen LogP contribution is -3.00. The van der Waals surface area contributed by atoms with E-state index in [2.05, 4.69) is 32.3 Å². The molecule has 0 fully saturated rings. The minimum Gasteiger partial charge on any atom is -1.00 e. The van der Waals surface area contributed by atoms with Gasteiger partial charge in [-0.3, -0.25) is 4.79 Å². The highest BCUT2D eigenvalue weighted by Crippen LogP contribution is 2.31. The lowest BCUT2D eigenvalue weighted by Gasteiger charge is -2.31. The van der Waals surface area contributed by atoms with E-state index in [0.717, 1.165) is 38.5 Å². The Hall–Kier alpha value is -1.68. The highest BCUT2D eigenvalue weighted by atomic mass is 35.5. The average Bonchev–Trinajstić information content (AvgIpc) is 2.44. The summed E-state index contributed by atoms with van der Waals surface area (Å²) in [7, 11) is 4.23. The largest absolute Gasteiger partial charge is 1.00 e. The van der Waals surface area contributed by atoms with Crippen molar-refractivity contribution in [1.82, 2.24) is 0 Å². The number of benzene rings is 2. The van der Waals surface area contributed by atoms with Gasteiger partial charge in [-0.25, -0.2) is 0 Å². The molecule has 3 nitrogen and oxygen atoms in total. The third-order valence-electron chi connectivity index (χ3n) is 4.14. The number of carbonyl (C=O) groups is 1. The summed E-state index contributed by atoms with van der Waals surface area (Å²) in [5, 5.41) is 2.21. The van der Waals surface area contributed by atoms with Crippen molar-refractivity contribution in [3.05, 3.63) is 53.1 Å². The number of nitrogens with two attached hydrogens (primary N) is 1. The molecule has 2 N–H and O–H groups in total. The summed E-state index contributed by atoms with van der Waals surface area (Å²) in [4.78, 5) is 12.8. The highest BCUT2D eigenvalue weighted by Gasteiger charge is 2.26. The highest BCUT2D eigenvalue weighted by molar-refractivity contribution is 6.22. The molecule has 0 bridgehead atoms. The zero-order chi connectivity index (χ0) is 15.0. The third kappa shape index (κ3) is 2.93. The molecule has 0 radical (unpaired) electrons. The minimum atomic E-state index is 0. The maximum absolute atomic E-state index is 12.8. The van der Waals surface area contributed by atoms with Crippen LogP contribution in [0.15, 0.2) is 42.0 Å². The van der Waals surface area contributed by atoms with Gasteiger partial charge in [-0.15, -0.1) is 0 Å². The first kappa shape index (κ1) is 16.7. The van der Waals surface area contributed by atoms with Gasteiger partial charge in [0, 0.05) is 17.5 Å². The van der Waals surface area contributed by atoms with Crippen molar-refractivity contribution in [1.29, 1.82) is 0 Å². The summed E-state index contributed by atoms with van der Waals surface area (Å²) in [6, 6.07) is 12.1. The Morgan fingerprint density at radius 2 is 1.77 bits per heavy atom. The lowest BCUT2D eigenvalue weighted by molar-refractivity contribution is -0.883. The van der Waals surface area contributed by atoms with Crippen molar-refractivity contribution in [2.24, 2.45) is 5.73 Å². The van der Waals surface area contributed by atoms with Gasteiger partial charge in [-0.05, 0) is 17.0 Å². The maximum atomic E-state index is 12.8. The summed E-state index contributed by atoms with van der Waals surface area (Å²) >= 11 is 0. The van der Waals surface area contributed by atoms with Crippen LogP contribution in [0.3, 0.4) is 0 Å². The molecule has 0 saturated carbocycles. The molecule has 0 unspecified atom stereocenters. The number of carbonyl (C=O) groups excluding carboxylic acids is 1. The normalized spacial score (nSPS) is 13.8. The van der Waals surface area contributed by atoms with Gasteiger partial charge in [0.25, 0.3) is 0 Å². The smallest absolute Gasteiger partial charge is 0.195 e. The fraction of sp³-hybridized carbons (Fsp3) is 0.278. The van der Waals surface area contributed by atoms with Crippen LogP contribution in [-0.4, -0.2) is 44.0 Å². The molecule has 1 aliphatic rings. The van der Waals surface area contributed by atoms with Crippen LogP contribution in [0.1, 0.15) is 15.9 Å². The predicted molar refractivity (Wildman–Crippen MR) is 87.2 cm³/mol. The van der Waals surface area contributed by atoms with Gasteiger partial charge in [0.05, 0.1) is 26.2 Å². The zero-order valence-electron chi connectivity index (χ0n) is 13.0. The Balaban J connectivity index is 0.00000176. The Morgan fingerprint density at radius 3 is 2.45 bits per heavy atom. The number of Topliss-reactive ketones (excluding diaryl/α,β-unsaturated/α-hetero) is 1. The number of quaternary nitrogens is 1.